The fourth-order valence-corrected chi connectivity index (χ4v) is 2.81. The molecule has 4 heteroatoms. The number of piperidine rings is 1. The van der Waals surface area contributed by atoms with Gasteiger partial charge in [-0.05, 0) is 47.6 Å². The first-order valence-corrected chi connectivity index (χ1v) is 6.56. The van der Waals surface area contributed by atoms with E-state index < -0.39 is 0 Å². The maximum absolute atomic E-state index is 9.96. The standard InChI is InChI=1S/C14H23N3O/c1-9-10(2)16-13(11(3)15-9)14(4)8-12(18)6-7-17(14)5/h12,18H,6-8H2,1-5H3. The van der Waals surface area contributed by atoms with Crippen LogP contribution in [0.1, 0.15) is 42.5 Å². The molecule has 1 saturated heterocycles. The van der Waals surface area contributed by atoms with E-state index in [1.54, 1.807) is 0 Å². The highest BCUT2D eigenvalue weighted by Crippen LogP contribution is 2.36. The summed E-state index contributed by atoms with van der Waals surface area (Å²) in [6, 6.07) is 0. The highest BCUT2D eigenvalue weighted by Gasteiger charge is 2.40. The highest BCUT2D eigenvalue weighted by molar-refractivity contribution is 5.25. The normalized spacial score (nSPS) is 29.6. The number of hydrogen-bond acceptors (Lipinski definition) is 4. The molecule has 0 saturated carbocycles. The van der Waals surface area contributed by atoms with Crippen LogP contribution in [0.2, 0.25) is 0 Å². The second kappa shape index (κ2) is 4.59. The van der Waals surface area contributed by atoms with Gasteiger partial charge in [0.05, 0.1) is 34.4 Å². The summed E-state index contributed by atoms with van der Waals surface area (Å²) in [6.07, 6.45) is 1.32. The first kappa shape index (κ1) is 13.4. The predicted octanol–water partition coefficient (Wildman–Crippen LogP) is 1.70. The van der Waals surface area contributed by atoms with Gasteiger partial charge in [-0.2, -0.15) is 0 Å². The van der Waals surface area contributed by atoms with Gasteiger partial charge in [-0.15, -0.1) is 0 Å². The molecule has 2 unspecified atom stereocenters. The first-order valence-electron chi connectivity index (χ1n) is 6.56. The quantitative estimate of drug-likeness (QED) is 0.823. The molecule has 1 fully saturated rings. The van der Waals surface area contributed by atoms with Crippen molar-refractivity contribution in [2.45, 2.75) is 52.2 Å². The van der Waals surface area contributed by atoms with Crippen molar-refractivity contribution in [3.8, 4) is 0 Å². The van der Waals surface area contributed by atoms with E-state index in [0.29, 0.717) is 0 Å². The second-order valence-corrected chi connectivity index (χ2v) is 5.67. The van der Waals surface area contributed by atoms with Crippen LogP contribution in [-0.4, -0.2) is 39.7 Å². The first-order chi connectivity index (χ1) is 8.34. The summed E-state index contributed by atoms with van der Waals surface area (Å²) >= 11 is 0. The van der Waals surface area contributed by atoms with Gasteiger partial charge in [-0.3, -0.25) is 14.9 Å². The van der Waals surface area contributed by atoms with Gasteiger partial charge in [0.2, 0.25) is 0 Å². The third-order valence-electron chi connectivity index (χ3n) is 4.26. The molecule has 0 spiro atoms. The average molecular weight is 249 g/mol. The molecule has 18 heavy (non-hydrogen) atoms. The molecule has 0 radical (unpaired) electrons. The number of aryl methyl sites for hydroxylation is 3. The Labute approximate surface area is 109 Å². The number of likely N-dealkylation sites (tertiary alicyclic amines) is 1. The third kappa shape index (κ3) is 2.15. The Kier molecular flexibility index (Phi) is 3.43. The lowest BCUT2D eigenvalue weighted by Gasteiger charge is -2.44. The lowest BCUT2D eigenvalue weighted by atomic mass is 9.83. The minimum atomic E-state index is -0.242. The van der Waals surface area contributed by atoms with Gasteiger partial charge in [0, 0.05) is 6.54 Å². The fourth-order valence-electron chi connectivity index (χ4n) is 2.81. The molecule has 0 aromatic carbocycles. The van der Waals surface area contributed by atoms with E-state index in [4.69, 9.17) is 4.98 Å². The lowest BCUT2D eigenvalue weighted by molar-refractivity contribution is -0.00235. The van der Waals surface area contributed by atoms with Crippen LogP contribution in [0.15, 0.2) is 0 Å². The van der Waals surface area contributed by atoms with Gasteiger partial charge in [0.15, 0.2) is 0 Å². The number of hydrogen-bond donors (Lipinski definition) is 1. The zero-order chi connectivity index (χ0) is 13.5. The van der Waals surface area contributed by atoms with Crippen molar-refractivity contribution in [3.63, 3.8) is 0 Å². The Morgan fingerprint density at radius 1 is 1.17 bits per heavy atom. The number of nitrogens with zero attached hydrogens (tertiary/aromatic N) is 3. The molecule has 1 aliphatic rings. The maximum atomic E-state index is 9.96. The molecular formula is C14H23N3O. The summed E-state index contributed by atoms with van der Waals surface area (Å²) in [4.78, 5) is 11.6. The van der Waals surface area contributed by atoms with E-state index in [1.807, 2.05) is 20.8 Å². The van der Waals surface area contributed by atoms with Crippen molar-refractivity contribution in [1.82, 2.24) is 14.9 Å². The molecule has 2 rings (SSSR count). The predicted molar refractivity (Wildman–Crippen MR) is 71.5 cm³/mol. The fraction of sp³-hybridized carbons (Fsp3) is 0.714. The van der Waals surface area contributed by atoms with Crippen molar-refractivity contribution in [2.75, 3.05) is 13.6 Å². The van der Waals surface area contributed by atoms with Gasteiger partial charge in [-0.25, -0.2) is 0 Å². The summed E-state index contributed by atoms with van der Waals surface area (Å²) in [7, 11) is 2.10. The molecule has 2 atom stereocenters. The Morgan fingerprint density at radius 2 is 1.78 bits per heavy atom. The Bertz CT molecular complexity index is 461. The van der Waals surface area contributed by atoms with Crippen LogP contribution in [-0.2, 0) is 5.54 Å². The minimum Gasteiger partial charge on any atom is -0.393 e. The van der Waals surface area contributed by atoms with Gasteiger partial charge in [0.25, 0.3) is 0 Å². The Hall–Kier alpha value is -1.00. The zero-order valence-electron chi connectivity index (χ0n) is 12.0. The third-order valence-corrected chi connectivity index (χ3v) is 4.26. The summed E-state index contributed by atoms with van der Waals surface area (Å²) in [5, 5.41) is 9.96. The lowest BCUT2D eigenvalue weighted by Crippen LogP contribution is -2.50. The minimum absolute atomic E-state index is 0.215. The summed E-state index contributed by atoms with van der Waals surface area (Å²) < 4.78 is 0. The molecule has 1 aliphatic heterocycles. The molecular weight excluding hydrogens is 226 g/mol. The molecule has 4 nitrogen and oxygen atoms in total. The van der Waals surface area contributed by atoms with Gasteiger partial charge in [0.1, 0.15) is 0 Å². The van der Waals surface area contributed by atoms with E-state index in [1.165, 1.54) is 0 Å². The Morgan fingerprint density at radius 3 is 2.44 bits per heavy atom. The van der Waals surface area contributed by atoms with Crippen LogP contribution >= 0.6 is 0 Å². The van der Waals surface area contributed by atoms with Crippen molar-refractivity contribution in [3.05, 3.63) is 22.8 Å². The van der Waals surface area contributed by atoms with Gasteiger partial charge in [-0.1, -0.05) is 0 Å². The number of aliphatic hydroxyl groups is 1. The van der Waals surface area contributed by atoms with Crippen molar-refractivity contribution in [1.29, 1.82) is 0 Å². The molecule has 0 aliphatic carbocycles. The summed E-state index contributed by atoms with van der Waals surface area (Å²) in [5.41, 5.74) is 3.73. The second-order valence-electron chi connectivity index (χ2n) is 5.67. The van der Waals surface area contributed by atoms with E-state index >= 15 is 0 Å². The van der Waals surface area contributed by atoms with E-state index in [9.17, 15) is 5.11 Å². The smallest absolute Gasteiger partial charge is 0.0820 e. The largest absolute Gasteiger partial charge is 0.393 e. The number of aliphatic hydroxyl groups excluding tert-OH is 1. The van der Waals surface area contributed by atoms with Crippen LogP contribution in [0, 0.1) is 20.8 Å². The van der Waals surface area contributed by atoms with Crippen LogP contribution in [0.4, 0.5) is 0 Å². The summed E-state index contributed by atoms with van der Waals surface area (Å²) in [6.45, 7) is 9.04. The Balaban J connectivity index is 2.48. The molecule has 2 heterocycles. The number of rotatable bonds is 1. The van der Waals surface area contributed by atoms with Crippen molar-refractivity contribution in [2.24, 2.45) is 0 Å². The molecule has 1 aromatic heterocycles. The molecule has 1 N–H and O–H groups in total. The van der Waals surface area contributed by atoms with Crippen LogP contribution in [0.3, 0.4) is 0 Å². The van der Waals surface area contributed by atoms with Gasteiger partial charge < -0.3 is 5.11 Å². The van der Waals surface area contributed by atoms with E-state index in [-0.39, 0.29) is 11.6 Å². The number of aromatic nitrogens is 2. The van der Waals surface area contributed by atoms with Crippen LogP contribution < -0.4 is 0 Å². The average Bonchev–Trinajstić information content (AvgIpc) is 2.29. The topological polar surface area (TPSA) is 49.3 Å². The molecule has 0 bridgehead atoms. The van der Waals surface area contributed by atoms with Crippen LogP contribution in [0.5, 0.6) is 0 Å². The van der Waals surface area contributed by atoms with E-state index in [0.717, 1.165) is 42.2 Å². The van der Waals surface area contributed by atoms with Crippen molar-refractivity contribution >= 4 is 0 Å². The highest BCUT2D eigenvalue weighted by atomic mass is 16.3. The van der Waals surface area contributed by atoms with Gasteiger partial charge >= 0.3 is 0 Å². The monoisotopic (exact) mass is 249 g/mol. The molecule has 0 amide bonds. The molecule has 100 valence electrons. The maximum Gasteiger partial charge on any atom is 0.0820 e. The van der Waals surface area contributed by atoms with Crippen molar-refractivity contribution < 1.29 is 5.11 Å². The molecule has 1 aromatic rings. The summed E-state index contributed by atoms with van der Waals surface area (Å²) in [5.74, 6) is 0. The van der Waals surface area contributed by atoms with E-state index in [2.05, 4.69) is 23.9 Å². The SMILES string of the molecule is Cc1nc(C)c(C2(C)CC(O)CCN2C)nc1C. The zero-order valence-corrected chi connectivity index (χ0v) is 12.0. The van der Waals surface area contributed by atoms with Crippen LogP contribution in [0.25, 0.3) is 0 Å².